The molecule has 96 valence electrons. The molecule has 0 radical (unpaired) electrons. The number of anilines is 1. The fraction of sp³-hybridized carbons (Fsp3) is 0.417. The van der Waals surface area contributed by atoms with Crippen LogP contribution in [0.25, 0.3) is 5.69 Å². The lowest BCUT2D eigenvalue weighted by Gasteiger charge is -2.24. The van der Waals surface area contributed by atoms with Crippen LogP contribution in [0.1, 0.15) is 13.3 Å². The molecule has 0 saturated heterocycles. The van der Waals surface area contributed by atoms with Crippen molar-refractivity contribution in [1.29, 1.82) is 0 Å². The highest BCUT2D eigenvalue weighted by Gasteiger charge is 2.17. The van der Waals surface area contributed by atoms with Crippen LogP contribution in [0, 0.1) is 0 Å². The molecule has 6 nitrogen and oxygen atoms in total. The number of hydrogen-bond acceptors (Lipinski definition) is 5. The van der Waals surface area contributed by atoms with Crippen LogP contribution in [-0.2, 0) is 0 Å². The summed E-state index contributed by atoms with van der Waals surface area (Å²) in [6, 6.07) is 10.1. The minimum Gasteiger partial charge on any atom is -0.340 e. The first-order chi connectivity index (χ1) is 8.74. The van der Waals surface area contributed by atoms with Crippen molar-refractivity contribution in [3.8, 4) is 5.69 Å². The Balaban J connectivity index is 2.28. The van der Waals surface area contributed by atoms with Gasteiger partial charge >= 0.3 is 0 Å². The SMILES string of the molecule is CC(CCN)N(C)c1nnnn1-c1ccccc1. The third-order valence-corrected chi connectivity index (χ3v) is 3.01. The molecule has 1 aromatic heterocycles. The number of nitrogens with two attached hydrogens (primary N) is 1. The predicted octanol–water partition coefficient (Wildman–Crippen LogP) is 0.836. The number of hydrogen-bond donors (Lipinski definition) is 1. The van der Waals surface area contributed by atoms with Gasteiger partial charge in [-0.1, -0.05) is 23.3 Å². The number of tetrazole rings is 1. The van der Waals surface area contributed by atoms with E-state index in [1.54, 1.807) is 4.68 Å². The van der Waals surface area contributed by atoms with Crippen molar-refractivity contribution in [2.45, 2.75) is 19.4 Å². The molecule has 0 saturated carbocycles. The Bertz CT molecular complexity index is 480. The summed E-state index contributed by atoms with van der Waals surface area (Å²) in [5, 5.41) is 11.9. The van der Waals surface area contributed by atoms with E-state index in [0.29, 0.717) is 12.6 Å². The molecule has 1 atom stereocenters. The Kier molecular flexibility index (Phi) is 3.88. The largest absolute Gasteiger partial charge is 0.340 e. The van der Waals surface area contributed by atoms with Gasteiger partial charge < -0.3 is 10.6 Å². The summed E-state index contributed by atoms with van der Waals surface area (Å²) >= 11 is 0. The Morgan fingerprint density at radius 3 is 2.72 bits per heavy atom. The van der Waals surface area contributed by atoms with Gasteiger partial charge in [-0.15, -0.1) is 0 Å². The van der Waals surface area contributed by atoms with Gasteiger partial charge in [0, 0.05) is 13.1 Å². The smallest absolute Gasteiger partial charge is 0.250 e. The molecule has 0 spiro atoms. The van der Waals surface area contributed by atoms with Gasteiger partial charge in [-0.05, 0) is 42.4 Å². The minimum atomic E-state index is 0.295. The molecule has 0 aliphatic rings. The van der Waals surface area contributed by atoms with Crippen molar-refractivity contribution < 1.29 is 0 Å². The maximum Gasteiger partial charge on any atom is 0.250 e. The summed E-state index contributed by atoms with van der Waals surface area (Å²) in [5.74, 6) is 0.724. The summed E-state index contributed by atoms with van der Waals surface area (Å²) in [6.45, 7) is 2.76. The van der Waals surface area contributed by atoms with E-state index in [1.807, 2.05) is 42.3 Å². The van der Waals surface area contributed by atoms with Crippen LogP contribution in [0.4, 0.5) is 5.95 Å². The second-order valence-electron chi connectivity index (χ2n) is 4.26. The molecule has 1 aromatic carbocycles. The van der Waals surface area contributed by atoms with Gasteiger partial charge in [0.05, 0.1) is 5.69 Å². The molecule has 0 aliphatic carbocycles. The second-order valence-corrected chi connectivity index (χ2v) is 4.26. The molecule has 1 unspecified atom stereocenters. The summed E-state index contributed by atoms with van der Waals surface area (Å²) in [6.07, 6.45) is 0.901. The quantitative estimate of drug-likeness (QED) is 0.846. The number of aromatic nitrogens is 4. The Labute approximate surface area is 106 Å². The Morgan fingerprint density at radius 1 is 1.33 bits per heavy atom. The number of benzene rings is 1. The number of nitrogens with zero attached hydrogens (tertiary/aromatic N) is 5. The van der Waals surface area contributed by atoms with Gasteiger partial charge in [-0.3, -0.25) is 0 Å². The summed E-state index contributed by atoms with van der Waals surface area (Å²) in [7, 11) is 1.98. The van der Waals surface area contributed by atoms with E-state index in [-0.39, 0.29) is 0 Å². The molecule has 0 fully saturated rings. The zero-order chi connectivity index (χ0) is 13.0. The molecular formula is C12H18N6. The van der Waals surface area contributed by atoms with Crippen LogP contribution in [-0.4, -0.2) is 39.8 Å². The maximum atomic E-state index is 5.58. The lowest BCUT2D eigenvalue weighted by molar-refractivity contribution is 0.615. The van der Waals surface area contributed by atoms with Crippen LogP contribution < -0.4 is 10.6 Å². The number of rotatable bonds is 5. The lowest BCUT2D eigenvalue weighted by Crippen LogP contribution is -2.33. The predicted molar refractivity (Wildman–Crippen MR) is 70.7 cm³/mol. The molecule has 2 rings (SSSR count). The van der Waals surface area contributed by atoms with E-state index in [2.05, 4.69) is 22.4 Å². The average molecular weight is 246 g/mol. The first kappa shape index (κ1) is 12.5. The zero-order valence-electron chi connectivity index (χ0n) is 10.7. The third-order valence-electron chi connectivity index (χ3n) is 3.01. The highest BCUT2D eigenvalue weighted by atomic mass is 15.6. The molecule has 0 aliphatic heterocycles. The van der Waals surface area contributed by atoms with Gasteiger partial charge in [-0.2, -0.15) is 4.68 Å². The average Bonchev–Trinajstić information content (AvgIpc) is 2.88. The molecule has 2 N–H and O–H groups in total. The van der Waals surface area contributed by atoms with Crippen molar-refractivity contribution in [3.63, 3.8) is 0 Å². The van der Waals surface area contributed by atoms with Gasteiger partial charge in [0.2, 0.25) is 5.95 Å². The van der Waals surface area contributed by atoms with Gasteiger partial charge in [0.15, 0.2) is 0 Å². The summed E-state index contributed by atoms with van der Waals surface area (Å²) < 4.78 is 1.73. The fourth-order valence-electron chi connectivity index (χ4n) is 1.77. The highest BCUT2D eigenvalue weighted by molar-refractivity contribution is 5.40. The topological polar surface area (TPSA) is 72.9 Å². The van der Waals surface area contributed by atoms with Crippen LogP contribution >= 0.6 is 0 Å². The maximum absolute atomic E-state index is 5.58. The van der Waals surface area contributed by atoms with Gasteiger partial charge in [-0.25, -0.2) is 0 Å². The molecule has 6 heteroatoms. The standard InChI is InChI=1S/C12H18N6/c1-10(8-9-13)17(2)12-14-15-16-18(12)11-6-4-3-5-7-11/h3-7,10H,8-9,13H2,1-2H3. The normalized spacial score (nSPS) is 12.4. The van der Waals surface area contributed by atoms with Crippen molar-refractivity contribution in [2.24, 2.45) is 5.73 Å². The molecule has 1 heterocycles. The van der Waals surface area contributed by atoms with Crippen molar-refractivity contribution in [3.05, 3.63) is 30.3 Å². The molecule has 18 heavy (non-hydrogen) atoms. The van der Waals surface area contributed by atoms with Crippen LogP contribution in [0.15, 0.2) is 30.3 Å². The van der Waals surface area contributed by atoms with E-state index in [0.717, 1.165) is 18.1 Å². The van der Waals surface area contributed by atoms with Crippen molar-refractivity contribution >= 4 is 5.95 Å². The Hall–Kier alpha value is -1.95. The lowest BCUT2D eigenvalue weighted by atomic mass is 10.2. The molecule has 0 bridgehead atoms. The van der Waals surface area contributed by atoms with E-state index in [9.17, 15) is 0 Å². The molecule has 2 aromatic rings. The van der Waals surface area contributed by atoms with Crippen LogP contribution in [0.5, 0.6) is 0 Å². The van der Waals surface area contributed by atoms with E-state index < -0.39 is 0 Å². The second kappa shape index (κ2) is 5.59. The Morgan fingerprint density at radius 2 is 2.06 bits per heavy atom. The van der Waals surface area contributed by atoms with E-state index in [1.165, 1.54) is 0 Å². The van der Waals surface area contributed by atoms with Crippen molar-refractivity contribution in [2.75, 3.05) is 18.5 Å². The monoisotopic (exact) mass is 246 g/mol. The summed E-state index contributed by atoms with van der Waals surface area (Å²) in [5.41, 5.74) is 6.53. The summed E-state index contributed by atoms with van der Waals surface area (Å²) in [4.78, 5) is 2.04. The zero-order valence-corrected chi connectivity index (χ0v) is 10.7. The van der Waals surface area contributed by atoms with E-state index in [4.69, 9.17) is 5.73 Å². The minimum absolute atomic E-state index is 0.295. The fourth-order valence-corrected chi connectivity index (χ4v) is 1.77. The van der Waals surface area contributed by atoms with Crippen molar-refractivity contribution in [1.82, 2.24) is 20.2 Å². The first-order valence-corrected chi connectivity index (χ1v) is 6.00. The van der Waals surface area contributed by atoms with E-state index >= 15 is 0 Å². The third kappa shape index (κ3) is 2.48. The van der Waals surface area contributed by atoms with Gasteiger partial charge in [0.1, 0.15) is 0 Å². The molecule has 0 amide bonds. The van der Waals surface area contributed by atoms with Crippen LogP contribution in [0.3, 0.4) is 0 Å². The van der Waals surface area contributed by atoms with Crippen LogP contribution in [0.2, 0.25) is 0 Å². The molecular weight excluding hydrogens is 228 g/mol. The number of para-hydroxylation sites is 1. The highest BCUT2D eigenvalue weighted by Crippen LogP contribution is 2.16. The first-order valence-electron chi connectivity index (χ1n) is 6.00. The van der Waals surface area contributed by atoms with Gasteiger partial charge in [0.25, 0.3) is 0 Å².